The van der Waals surface area contributed by atoms with Crippen LogP contribution in [0.2, 0.25) is 0 Å². The Morgan fingerprint density at radius 1 is 1.10 bits per heavy atom. The summed E-state index contributed by atoms with van der Waals surface area (Å²) in [6, 6.07) is 0. The van der Waals surface area contributed by atoms with Crippen molar-refractivity contribution in [3.05, 3.63) is 12.2 Å². The lowest BCUT2D eigenvalue weighted by Gasteiger charge is -2.32. The Kier molecular flexibility index (Phi) is 10.0. The minimum absolute atomic E-state index is 0.265. The molecule has 118 valence electrons. The van der Waals surface area contributed by atoms with Crippen molar-refractivity contribution in [2.24, 2.45) is 5.92 Å². The standard InChI is InChI=1S/C18H34O2/c1-4-5-6-7-8-9-10-11-12-13-17-14-18(19-3)16(2)15-20-17/h12-13,16-18H,4-11,14-15H2,1-3H3/t16-,17+,18-/m0/s1. The zero-order valence-corrected chi connectivity index (χ0v) is 13.8. The molecule has 1 rings (SSSR count). The number of unbranched alkanes of at least 4 members (excludes halogenated alkanes) is 7. The third kappa shape index (κ3) is 7.44. The van der Waals surface area contributed by atoms with Crippen LogP contribution in [0.5, 0.6) is 0 Å². The van der Waals surface area contributed by atoms with Gasteiger partial charge >= 0.3 is 0 Å². The van der Waals surface area contributed by atoms with Crippen LogP contribution < -0.4 is 0 Å². The van der Waals surface area contributed by atoms with Crippen molar-refractivity contribution in [3.63, 3.8) is 0 Å². The minimum atomic E-state index is 0.265. The van der Waals surface area contributed by atoms with Gasteiger partial charge in [-0.25, -0.2) is 0 Å². The van der Waals surface area contributed by atoms with Crippen LogP contribution in [0.15, 0.2) is 12.2 Å². The van der Waals surface area contributed by atoms with Gasteiger partial charge in [0.1, 0.15) is 0 Å². The summed E-state index contributed by atoms with van der Waals surface area (Å²) < 4.78 is 11.3. The molecule has 1 heterocycles. The fraction of sp³-hybridized carbons (Fsp3) is 0.889. The van der Waals surface area contributed by atoms with Crippen molar-refractivity contribution in [1.82, 2.24) is 0 Å². The van der Waals surface area contributed by atoms with Crippen molar-refractivity contribution in [2.75, 3.05) is 13.7 Å². The van der Waals surface area contributed by atoms with Gasteiger partial charge in [0.15, 0.2) is 0 Å². The van der Waals surface area contributed by atoms with Gasteiger partial charge in [-0.2, -0.15) is 0 Å². The summed E-state index contributed by atoms with van der Waals surface area (Å²) in [6.45, 7) is 5.30. The van der Waals surface area contributed by atoms with Gasteiger partial charge in [0, 0.05) is 19.4 Å². The average molecular weight is 282 g/mol. The van der Waals surface area contributed by atoms with Crippen LogP contribution in [-0.2, 0) is 9.47 Å². The average Bonchev–Trinajstić information content (AvgIpc) is 2.47. The smallest absolute Gasteiger partial charge is 0.0780 e. The van der Waals surface area contributed by atoms with Gasteiger partial charge in [-0.15, -0.1) is 0 Å². The molecule has 0 aromatic heterocycles. The van der Waals surface area contributed by atoms with Crippen LogP contribution in [0.3, 0.4) is 0 Å². The van der Waals surface area contributed by atoms with Crippen LogP contribution in [0.1, 0.15) is 71.6 Å². The van der Waals surface area contributed by atoms with Crippen LogP contribution in [0.4, 0.5) is 0 Å². The van der Waals surface area contributed by atoms with E-state index in [-0.39, 0.29) is 6.10 Å². The minimum Gasteiger partial charge on any atom is -0.381 e. The van der Waals surface area contributed by atoms with E-state index in [0.29, 0.717) is 12.0 Å². The molecule has 0 amide bonds. The first-order valence-electron chi connectivity index (χ1n) is 8.59. The SMILES string of the molecule is CCCCCCCCCC=C[C@@H]1C[C@H](OC)[C@@H](C)CO1. The van der Waals surface area contributed by atoms with Gasteiger partial charge < -0.3 is 9.47 Å². The molecule has 0 aromatic carbocycles. The van der Waals surface area contributed by atoms with E-state index in [1.54, 1.807) is 0 Å². The largest absolute Gasteiger partial charge is 0.381 e. The van der Waals surface area contributed by atoms with Crippen LogP contribution in [0, 0.1) is 5.92 Å². The fourth-order valence-corrected chi connectivity index (χ4v) is 2.84. The van der Waals surface area contributed by atoms with Crippen molar-refractivity contribution in [1.29, 1.82) is 0 Å². The Labute approximate surface area is 125 Å². The lowest BCUT2D eigenvalue weighted by molar-refractivity contribution is -0.0753. The van der Waals surface area contributed by atoms with Gasteiger partial charge in [0.25, 0.3) is 0 Å². The summed E-state index contributed by atoms with van der Waals surface area (Å²) in [6.07, 6.45) is 17.0. The Bertz CT molecular complexity index is 250. The maximum atomic E-state index is 5.83. The van der Waals surface area contributed by atoms with Crippen molar-refractivity contribution in [2.45, 2.75) is 83.8 Å². The number of hydrogen-bond donors (Lipinski definition) is 0. The van der Waals surface area contributed by atoms with Crippen LogP contribution in [-0.4, -0.2) is 25.9 Å². The lowest BCUT2D eigenvalue weighted by atomic mass is 9.96. The number of ether oxygens (including phenoxy) is 2. The van der Waals surface area contributed by atoms with Crippen LogP contribution >= 0.6 is 0 Å². The second kappa shape index (κ2) is 11.3. The highest BCUT2D eigenvalue weighted by Crippen LogP contribution is 2.22. The van der Waals surface area contributed by atoms with E-state index < -0.39 is 0 Å². The van der Waals surface area contributed by atoms with E-state index in [0.717, 1.165) is 13.0 Å². The predicted molar refractivity (Wildman–Crippen MR) is 86.1 cm³/mol. The highest BCUT2D eigenvalue weighted by atomic mass is 16.5. The van der Waals surface area contributed by atoms with Gasteiger partial charge in [-0.05, 0) is 12.8 Å². The fourth-order valence-electron chi connectivity index (χ4n) is 2.84. The third-order valence-corrected chi connectivity index (χ3v) is 4.30. The number of rotatable bonds is 10. The Balaban J connectivity index is 2.01. The van der Waals surface area contributed by atoms with Gasteiger partial charge in [0.05, 0.1) is 18.8 Å². The molecule has 1 aliphatic heterocycles. The van der Waals surface area contributed by atoms with E-state index in [1.165, 1.54) is 51.4 Å². The predicted octanol–water partition coefficient (Wildman–Crippen LogP) is 5.12. The first-order valence-corrected chi connectivity index (χ1v) is 8.59. The molecule has 0 radical (unpaired) electrons. The van der Waals surface area contributed by atoms with E-state index >= 15 is 0 Å². The van der Waals surface area contributed by atoms with Gasteiger partial charge in [0.2, 0.25) is 0 Å². The molecule has 20 heavy (non-hydrogen) atoms. The quantitative estimate of drug-likeness (QED) is 0.409. The Morgan fingerprint density at radius 3 is 2.50 bits per heavy atom. The molecule has 0 bridgehead atoms. The first kappa shape index (κ1) is 17.7. The number of methoxy groups -OCH3 is 1. The normalized spacial score (nSPS) is 27.2. The maximum absolute atomic E-state index is 5.83. The summed E-state index contributed by atoms with van der Waals surface area (Å²) in [5.41, 5.74) is 0. The maximum Gasteiger partial charge on any atom is 0.0780 e. The molecule has 2 heteroatoms. The van der Waals surface area contributed by atoms with Crippen LogP contribution in [0.25, 0.3) is 0 Å². The van der Waals surface area contributed by atoms with E-state index in [2.05, 4.69) is 26.0 Å². The molecule has 2 nitrogen and oxygen atoms in total. The molecule has 1 saturated heterocycles. The monoisotopic (exact) mass is 282 g/mol. The summed E-state index contributed by atoms with van der Waals surface area (Å²) in [4.78, 5) is 0. The summed E-state index contributed by atoms with van der Waals surface area (Å²) in [7, 11) is 1.81. The lowest BCUT2D eigenvalue weighted by Crippen LogP contribution is -2.36. The van der Waals surface area contributed by atoms with Crippen molar-refractivity contribution in [3.8, 4) is 0 Å². The third-order valence-electron chi connectivity index (χ3n) is 4.30. The number of allylic oxidation sites excluding steroid dienone is 1. The summed E-state index contributed by atoms with van der Waals surface area (Å²) in [5, 5.41) is 0. The number of hydrogen-bond acceptors (Lipinski definition) is 2. The van der Waals surface area contributed by atoms with Gasteiger partial charge in [-0.3, -0.25) is 0 Å². The summed E-state index contributed by atoms with van der Waals surface area (Å²) in [5.74, 6) is 0.521. The van der Waals surface area contributed by atoms with E-state index in [4.69, 9.17) is 9.47 Å². The molecule has 1 fully saturated rings. The molecule has 0 aromatic rings. The van der Waals surface area contributed by atoms with E-state index in [9.17, 15) is 0 Å². The highest BCUT2D eigenvalue weighted by Gasteiger charge is 2.26. The molecule has 0 saturated carbocycles. The molecule has 1 aliphatic rings. The molecule has 0 aliphatic carbocycles. The Morgan fingerprint density at radius 2 is 1.80 bits per heavy atom. The molecule has 0 N–H and O–H groups in total. The first-order chi connectivity index (χ1) is 9.77. The molecule has 3 atom stereocenters. The second-order valence-electron chi connectivity index (χ2n) is 6.20. The van der Waals surface area contributed by atoms with Crippen molar-refractivity contribution < 1.29 is 9.47 Å². The highest BCUT2D eigenvalue weighted by molar-refractivity contribution is 4.93. The van der Waals surface area contributed by atoms with Gasteiger partial charge in [-0.1, -0.05) is 64.5 Å². The Hall–Kier alpha value is -0.340. The molecule has 0 unspecified atom stereocenters. The second-order valence-corrected chi connectivity index (χ2v) is 6.20. The molecular weight excluding hydrogens is 248 g/mol. The zero-order chi connectivity index (χ0) is 14.6. The molecular formula is C18H34O2. The summed E-state index contributed by atoms with van der Waals surface area (Å²) >= 11 is 0. The zero-order valence-electron chi connectivity index (χ0n) is 13.8. The van der Waals surface area contributed by atoms with Crippen molar-refractivity contribution >= 4 is 0 Å². The van der Waals surface area contributed by atoms with E-state index in [1.807, 2.05) is 7.11 Å². The topological polar surface area (TPSA) is 18.5 Å². The molecule has 0 spiro atoms.